The summed E-state index contributed by atoms with van der Waals surface area (Å²) >= 11 is 0. The minimum Gasteiger partial charge on any atom is -0.294 e. The zero-order valence-corrected chi connectivity index (χ0v) is 3.24. The number of hydrogen-bond acceptors (Lipinski definition) is 1. The van der Waals surface area contributed by atoms with Crippen LogP contribution >= 0.6 is 0 Å². The van der Waals surface area contributed by atoms with E-state index in [-0.39, 0.29) is 0 Å². The molecule has 0 amide bonds. The predicted octanol–water partition coefficient (Wildman–Crippen LogP) is 0.841. The maximum absolute atomic E-state index is 10.8. The number of hydrogen-bond donors (Lipinski definition) is 0. The smallest absolute Gasteiger partial charge is 0.294 e. The van der Waals surface area contributed by atoms with E-state index in [1.807, 2.05) is 0 Å². The molecule has 0 radical (unpaired) electrons. The third-order valence-corrected chi connectivity index (χ3v) is 0.307. The quantitative estimate of drug-likeness (QED) is 0.470. The van der Waals surface area contributed by atoms with Gasteiger partial charge in [-0.2, -0.15) is 0 Å². The highest BCUT2D eigenvalue weighted by molar-refractivity contribution is 5.78. The van der Waals surface area contributed by atoms with Gasteiger partial charge in [-0.15, -0.1) is 0 Å². The lowest BCUT2D eigenvalue weighted by atomic mass is 10.5. The van der Waals surface area contributed by atoms with Gasteiger partial charge in [0.2, 0.25) is 0 Å². The van der Waals surface area contributed by atoms with Crippen molar-refractivity contribution in [3.05, 3.63) is 0 Å². The molecule has 1 nitrogen and oxygen atoms in total. The molecule has 3 heteroatoms. The van der Waals surface area contributed by atoms with Crippen LogP contribution in [0.3, 0.4) is 0 Å². The Morgan fingerprint density at radius 2 is 1.83 bits per heavy atom. The fourth-order valence-electron chi connectivity index (χ4n) is 0. The summed E-state index contributed by atoms with van der Waals surface area (Å²) in [5, 5.41) is 0. The van der Waals surface area contributed by atoms with E-state index in [0.29, 0.717) is 0 Å². The Labute approximate surface area is 34.0 Å². The minimum atomic E-state index is -2.79. The first kappa shape index (κ1) is 5.53. The van der Waals surface area contributed by atoms with E-state index in [4.69, 9.17) is 0 Å². The molecule has 0 aliphatic rings. The van der Waals surface area contributed by atoms with Crippen LogP contribution in [0.15, 0.2) is 0 Å². The molecule has 0 spiro atoms. The summed E-state index contributed by atoms with van der Waals surface area (Å²) in [4.78, 5) is 9.39. The molecule has 0 fully saturated rings. The first-order chi connectivity index (χ1) is 2.64. The molecule has 36 valence electrons. The monoisotopic (exact) mass is 94.0 g/mol. The largest absolute Gasteiger partial charge is 0.295 e. The molecule has 0 saturated carbocycles. The molecular weight excluding hydrogens is 90.0 g/mol. The second-order valence-corrected chi connectivity index (χ2v) is 0.911. The van der Waals surface area contributed by atoms with Gasteiger partial charge in [0.25, 0.3) is 6.43 Å². The van der Waals surface area contributed by atoms with Crippen molar-refractivity contribution in [2.24, 2.45) is 0 Å². The summed E-state index contributed by atoms with van der Waals surface area (Å²) in [7, 11) is 0. The number of carbonyl (C=O) groups excluding carboxylic acids is 1. The summed E-state index contributed by atoms with van der Waals surface area (Å²) < 4.78 is 21.6. The molecule has 0 aromatic carbocycles. The van der Waals surface area contributed by atoms with Crippen LogP contribution in [0.2, 0.25) is 0 Å². The molecule has 0 saturated heterocycles. The first-order valence-electron chi connectivity index (χ1n) is 1.43. The Morgan fingerprint density at radius 1 is 1.67 bits per heavy atom. The van der Waals surface area contributed by atoms with Gasteiger partial charge in [-0.3, -0.25) is 4.79 Å². The second-order valence-electron chi connectivity index (χ2n) is 0.911. The van der Waals surface area contributed by atoms with Crippen LogP contribution in [-0.4, -0.2) is 12.2 Å². The number of ketones is 1. The van der Waals surface area contributed by atoms with Gasteiger partial charge in [0.05, 0.1) is 0 Å². The summed E-state index contributed by atoms with van der Waals surface area (Å²) in [5.74, 6) is -1.07. The van der Waals surface area contributed by atoms with Gasteiger partial charge in [-0.1, -0.05) is 0 Å². The van der Waals surface area contributed by atoms with Gasteiger partial charge in [-0.25, -0.2) is 8.78 Å². The highest BCUT2D eigenvalue weighted by atomic mass is 19.3. The van der Waals surface area contributed by atoms with E-state index in [2.05, 4.69) is 0 Å². The van der Waals surface area contributed by atoms with Gasteiger partial charge in [0.1, 0.15) is 0 Å². The Kier molecular flexibility index (Phi) is 1.70. The topological polar surface area (TPSA) is 17.1 Å². The molecule has 0 aliphatic heterocycles. The van der Waals surface area contributed by atoms with Crippen molar-refractivity contribution < 1.29 is 13.6 Å². The van der Waals surface area contributed by atoms with Gasteiger partial charge in [0, 0.05) is 6.92 Å². The van der Waals surface area contributed by atoms with Crippen molar-refractivity contribution in [1.29, 1.82) is 0 Å². The number of carbonyl (C=O) groups is 1. The average molecular weight is 94.1 g/mol. The van der Waals surface area contributed by atoms with Crippen LogP contribution in [0.25, 0.3) is 0 Å². The number of rotatable bonds is 1. The fourth-order valence-corrected chi connectivity index (χ4v) is 0. The zero-order valence-electron chi connectivity index (χ0n) is 3.24. The van der Waals surface area contributed by atoms with Crippen molar-refractivity contribution in [2.75, 3.05) is 0 Å². The molecular formula is C3H4F2O. The highest BCUT2D eigenvalue weighted by Gasteiger charge is 2.05. The lowest BCUT2D eigenvalue weighted by Gasteiger charge is -1.82. The number of Topliss-reactive ketones (excluding diaryl/α,β-unsaturated/α-hetero) is 1. The Balaban J connectivity index is 3.26. The Bertz CT molecular complexity index is 59.8. The highest BCUT2D eigenvalue weighted by Crippen LogP contribution is 1.89. The van der Waals surface area contributed by atoms with Gasteiger partial charge < -0.3 is 0 Å². The van der Waals surface area contributed by atoms with Crippen molar-refractivity contribution in [1.82, 2.24) is 0 Å². The van der Waals surface area contributed by atoms with Crippen LogP contribution in [0, 0.1) is 0 Å². The van der Waals surface area contributed by atoms with E-state index >= 15 is 0 Å². The second kappa shape index (κ2) is 1.85. The molecule has 0 heterocycles. The van der Waals surface area contributed by atoms with E-state index in [9.17, 15) is 13.6 Å². The SMILES string of the molecule is CC(=O)C(F)F. The van der Waals surface area contributed by atoms with Crippen LogP contribution < -0.4 is 0 Å². The maximum Gasteiger partial charge on any atom is 0.295 e. The normalized spacial score (nSPS) is 9.33. The third kappa shape index (κ3) is 1.81. The predicted molar refractivity (Wildman–Crippen MR) is 16.7 cm³/mol. The van der Waals surface area contributed by atoms with Crippen molar-refractivity contribution in [3.8, 4) is 0 Å². The molecule has 6 heavy (non-hydrogen) atoms. The number of alkyl halides is 2. The lowest BCUT2D eigenvalue weighted by molar-refractivity contribution is -0.127. The molecule has 0 aromatic heterocycles. The molecule has 0 rings (SSSR count). The molecule has 0 atom stereocenters. The van der Waals surface area contributed by atoms with Gasteiger partial charge in [0.15, 0.2) is 5.78 Å². The molecule has 0 bridgehead atoms. The Morgan fingerprint density at radius 3 is 1.83 bits per heavy atom. The Hall–Kier alpha value is -0.470. The first-order valence-corrected chi connectivity index (χ1v) is 1.43. The number of halogens is 2. The third-order valence-electron chi connectivity index (χ3n) is 0.307. The van der Waals surface area contributed by atoms with Gasteiger partial charge in [-0.05, 0) is 0 Å². The van der Waals surface area contributed by atoms with Crippen molar-refractivity contribution in [2.45, 2.75) is 13.3 Å². The van der Waals surface area contributed by atoms with Crippen LogP contribution in [-0.2, 0) is 4.79 Å². The maximum atomic E-state index is 10.8. The van der Waals surface area contributed by atoms with Crippen LogP contribution in [0.1, 0.15) is 6.92 Å². The zero-order chi connectivity index (χ0) is 5.15. The van der Waals surface area contributed by atoms with E-state index in [1.165, 1.54) is 0 Å². The van der Waals surface area contributed by atoms with Crippen molar-refractivity contribution >= 4 is 5.78 Å². The van der Waals surface area contributed by atoms with E-state index in [1.54, 1.807) is 0 Å². The lowest BCUT2D eigenvalue weighted by Crippen LogP contribution is -2.02. The molecule has 0 unspecified atom stereocenters. The molecule has 0 aromatic rings. The molecule has 0 aliphatic carbocycles. The average Bonchev–Trinajstić information content (AvgIpc) is 1.36. The summed E-state index contributed by atoms with van der Waals surface area (Å²) in [6.45, 7) is 0.852. The van der Waals surface area contributed by atoms with Crippen LogP contribution in [0.5, 0.6) is 0 Å². The minimum absolute atomic E-state index is 0.852. The van der Waals surface area contributed by atoms with E-state index < -0.39 is 12.2 Å². The summed E-state index contributed by atoms with van der Waals surface area (Å²) in [6.07, 6.45) is -2.79. The van der Waals surface area contributed by atoms with Crippen LogP contribution in [0.4, 0.5) is 8.78 Å². The fraction of sp³-hybridized carbons (Fsp3) is 0.667. The molecule has 0 N–H and O–H groups in total. The summed E-state index contributed by atoms with van der Waals surface area (Å²) in [5.41, 5.74) is 0. The van der Waals surface area contributed by atoms with Crippen molar-refractivity contribution in [3.63, 3.8) is 0 Å². The standard InChI is InChI=1S/C3H4F2O/c1-2(6)3(4)5/h3H,1H3. The van der Waals surface area contributed by atoms with Gasteiger partial charge >= 0.3 is 0 Å². The summed E-state index contributed by atoms with van der Waals surface area (Å²) in [6, 6.07) is 0. The van der Waals surface area contributed by atoms with E-state index in [0.717, 1.165) is 6.92 Å².